The molecule has 12 heavy (non-hydrogen) atoms. The van der Waals surface area contributed by atoms with E-state index in [4.69, 9.17) is 21.8 Å². The molecule has 0 aliphatic rings. The molecular weight excluding hydrogens is 184 g/mol. The number of ether oxygens (including phenoxy) is 1. The Morgan fingerprint density at radius 1 is 1.75 bits per heavy atom. The predicted octanol–water partition coefficient (Wildman–Crippen LogP) is -0.324. The molecule has 0 aromatic rings. The first-order valence-corrected chi connectivity index (χ1v) is 3.77. The maximum atomic E-state index is 10.8. The van der Waals surface area contributed by atoms with E-state index in [1.54, 1.807) is 0 Å². The number of alkyl halides is 1. The molecule has 70 valence electrons. The van der Waals surface area contributed by atoms with Gasteiger partial charge in [0, 0.05) is 0 Å². The molecule has 5 heteroatoms. The second-order valence-corrected chi connectivity index (χ2v) is 2.54. The van der Waals surface area contributed by atoms with Gasteiger partial charge in [-0.2, -0.15) is 0 Å². The normalized spacial score (nSPS) is 14.9. The summed E-state index contributed by atoms with van der Waals surface area (Å²) < 4.78 is 4.52. The van der Waals surface area contributed by atoms with Crippen LogP contribution < -0.4 is 0 Å². The Hall–Kier alpha value is -0.580. The number of aliphatic hydroxyl groups is 2. The highest BCUT2D eigenvalue weighted by Crippen LogP contribution is 2.04. The lowest BCUT2D eigenvalue weighted by molar-refractivity contribution is -0.144. The Morgan fingerprint density at radius 2 is 2.33 bits per heavy atom. The molecule has 0 bridgehead atoms. The van der Waals surface area contributed by atoms with Crippen LogP contribution >= 0.6 is 11.6 Å². The SMILES string of the molecule is C=CCOC(=O)C(Cl)C(O)CO. The molecule has 0 saturated heterocycles. The number of hydrogen-bond acceptors (Lipinski definition) is 4. The maximum absolute atomic E-state index is 10.8. The molecule has 0 aromatic carbocycles. The minimum Gasteiger partial charge on any atom is -0.460 e. The van der Waals surface area contributed by atoms with Gasteiger partial charge in [-0.15, -0.1) is 11.6 Å². The average molecular weight is 195 g/mol. The number of esters is 1. The molecule has 2 atom stereocenters. The highest BCUT2D eigenvalue weighted by Gasteiger charge is 2.24. The standard InChI is InChI=1S/C7H11ClO4/c1-2-3-12-7(11)6(8)5(10)4-9/h2,5-6,9-10H,1,3-4H2. The second-order valence-electron chi connectivity index (χ2n) is 2.07. The largest absolute Gasteiger partial charge is 0.460 e. The van der Waals surface area contributed by atoms with Gasteiger partial charge in [0.25, 0.3) is 0 Å². The highest BCUT2D eigenvalue weighted by atomic mass is 35.5. The van der Waals surface area contributed by atoms with Gasteiger partial charge in [-0.1, -0.05) is 12.7 Å². The van der Waals surface area contributed by atoms with Crippen LogP contribution in [0.5, 0.6) is 0 Å². The van der Waals surface area contributed by atoms with Gasteiger partial charge in [0.1, 0.15) is 12.7 Å². The van der Waals surface area contributed by atoms with E-state index in [2.05, 4.69) is 11.3 Å². The molecule has 0 aromatic heterocycles. The summed E-state index contributed by atoms with van der Waals surface area (Å²) in [7, 11) is 0. The lowest BCUT2D eigenvalue weighted by Crippen LogP contribution is -2.33. The monoisotopic (exact) mass is 194 g/mol. The van der Waals surface area contributed by atoms with E-state index < -0.39 is 24.1 Å². The van der Waals surface area contributed by atoms with Crippen molar-refractivity contribution in [3.63, 3.8) is 0 Å². The molecule has 0 aliphatic heterocycles. The van der Waals surface area contributed by atoms with E-state index in [0.717, 1.165) is 0 Å². The Bertz CT molecular complexity index is 159. The third-order valence-corrected chi connectivity index (χ3v) is 1.56. The van der Waals surface area contributed by atoms with E-state index in [-0.39, 0.29) is 6.61 Å². The van der Waals surface area contributed by atoms with Crippen LogP contribution in [0.2, 0.25) is 0 Å². The first-order valence-electron chi connectivity index (χ1n) is 3.34. The van der Waals surface area contributed by atoms with Crippen molar-refractivity contribution in [3.8, 4) is 0 Å². The molecule has 0 fully saturated rings. The number of aliphatic hydroxyl groups excluding tert-OH is 2. The topological polar surface area (TPSA) is 66.8 Å². The number of carbonyl (C=O) groups excluding carboxylic acids is 1. The molecule has 2 unspecified atom stereocenters. The van der Waals surface area contributed by atoms with Crippen molar-refractivity contribution in [2.75, 3.05) is 13.2 Å². The predicted molar refractivity (Wildman–Crippen MR) is 43.9 cm³/mol. The summed E-state index contributed by atoms with van der Waals surface area (Å²) in [5.41, 5.74) is 0. The number of rotatable bonds is 5. The maximum Gasteiger partial charge on any atom is 0.327 e. The lowest BCUT2D eigenvalue weighted by Gasteiger charge is -2.12. The van der Waals surface area contributed by atoms with Crippen LogP contribution in [-0.4, -0.2) is 40.9 Å². The minimum absolute atomic E-state index is 0.0419. The summed E-state index contributed by atoms with van der Waals surface area (Å²) in [6.45, 7) is 2.79. The lowest BCUT2D eigenvalue weighted by atomic mass is 10.2. The highest BCUT2D eigenvalue weighted by molar-refractivity contribution is 6.30. The Morgan fingerprint density at radius 3 is 2.75 bits per heavy atom. The van der Waals surface area contributed by atoms with Crippen molar-refractivity contribution in [2.24, 2.45) is 0 Å². The van der Waals surface area contributed by atoms with E-state index >= 15 is 0 Å². The molecule has 0 spiro atoms. The smallest absolute Gasteiger partial charge is 0.327 e. The van der Waals surface area contributed by atoms with Crippen molar-refractivity contribution < 1.29 is 19.7 Å². The molecule has 0 saturated carbocycles. The van der Waals surface area contributed by atoms with E-state index in [1.807, 2.05) is 0 Å². The average Bonchev–Trinajstić information content (AvgIpc) is 2.11. The Labute approximate surface area is 75.4 Å². The van der Waals surface area contributed by atoms with Crippen molar-refractivity contribution in [1.82, 2.24) is 0 Å². The summed E-state index contributed by atoms with van der Waals surface area (Å²) in [6, 6.07) is 0. The summed E-state index contributed by atoms with van der Waals surface area (Å²) in [6.07, 6.45) is 0.0938. The van der Waals surface area contributed by atoms with Crippen LogP contribution in [0.4, 0.5) is 0 Å². The summed E-state index contributed by atoms with van der Waals surface area (Å²) in [5.74, 6) is -0.766. The zero-order valence-electron chi connectivity index (χ0n) is 6.44. The second kappa shape index (κ2) is 5.99. The number of halogens is 1. The van der Waals surface area contributed by atoms with Crippen LogP contribution in [0.3, 0.4) is 0 Å². The van der Waals surface area contributed by atoms with Crippen molar-refractivity contribution in [1.29, 1.82) is 0 Å². The van der Waals surface area contributed by atoms with Gasteiger partial charge in [-0.05, 0) is 0 Å². The molecule has 0 rings (SSSR count). The Balaban J connectivity index is 3.83. The fourth-order valence-electron chi connectivity index (χ4n) is 0.470. The fourth-order valence-corrected chi connectivity index (χ4v) is 0.613. The van der Waals surface area contributed by atoms with Gasteiger partial charge in [0.05, 0.1) is 6.61 Å². The van der Waals surface area contributed by atoms with Gasteiger partial charge in [0.2, 0.25) is 0 Å². The number of carbonyl (C=O) groups is 1. The van der Waals surface area contributed by atoms with Crippen LogP contribution in [0.15, 0.2) is 12.7 Å². The third kappa shape index (κ3) is 3.71. The van der Waals surface area contributed by atoms with Crippen LogP contribution in [0, 0.1) is 0 Å². The quantitative estimate of drug-likeness (QED) is 0.358. The molecule has 0 aliphatic carbocycles. The molecule has 0 amide bonds. The van der Waals surface area contributed by atoms with Crippen LogP contribution in [0.25, 0.3) is 0 Å². The first-order chi connectivity index (χ1) is 5.63. The minimum atomic E-state index is -1.29. The van der Waals surface area contributed by atoms with Gasteiger partial charge >= 0.3 is 5.97 Å². The molecular formula is C7H11ClO4. The van der Waals surface area contributed by atoms with Gasteiger partial charge in [-0.25, -0.2) is 0 Å². The zero-order valence-corrected chi connectivity index (χ0v) is 7.20. The van der Waals surface area contributed by atoms with Crippen molar-refractivity contribution >= 4 is 17.6 Å². The first kappa shape index (κ1) is 11.4. The van der Waals surface area contributed by atoms with E-state index in [9.17, 15) is 4.79 Å². The fraction of sp³-hybridized carbons (Fsp3) is 0.571. The summed E-state index contributed by atoms with van der Waals surface area (Å²) in [5, 5.41) is 16.1. The van der Waals surface area contributed by atoms with E-state index in [0.29, 0.717) is 0 Å². The third-order valence-electron chi connectivity index (χ3n) is 1.09. The summed E-state index contributed by atoms with van der Waals surface area (Å²) >= 11 is 5.40. The van der Waals surface area contributed by atoms with Gasteiger partial charge < -0.3 is 14.9 Å². The zero-order chi connectivity index (χ0) is 9.56. The number of hydrogen-bond donors (Lipinski definition) is 2. The van der Waals surface area contributed by atoms with Crippen LogP contribution in [-0.2, 0) is 9.53 Å². The van der Waals surface area contributed by atoms with E-state index in [1.165, 1.54) is 6.08 Å². The van der Waals surface area contributed by atoms with Gasteiger partial charge in [0.15, 0.2) is 5.38 Å². The Kier molecular flexibility index (Phi) is 5.70. The molecule has 4 nitrogen and oxygen atoms in total. The van der Waals surface area contributed by atoms with Gasteiger partial charge in [-0.3, -0.25) is 4.79 Å². The van der Waals surface area contributed by atoms with Crippen molar-refractivity contribution in [3.05, 3.63) is 12.7 Å². The van der Waals surface area contributed by atoms with Crippen molar-refractivity contribution in [2.45, 2.75) is 11.5 Å². The summed E-state index contributed by atoms with van der Waals surface area (Å²) in [4.78, 5) is 10.8. The van der Waals surface area contributed by atoms with Crippen LogP contribution in [0.1, 0.15) is 0 Å². The molecule has 0 radical (unpaired) electrons. The molecule has 0 heterocycles. The molecule has 2 N–H and O–H groups in total.